The molecule has 1 aliphatic rings. The number of nitrogens with zero attached hydrogens (tertiary/aromatic N) is 2. The number of halogens is 4. The lowest BCUT2D eigenvalue weighted by Gasteiger charge is -2.30. The molecule has 0 spiro atoms. The molecule has 1 saturated heterocycles. The van der Waals surface area contributed by atoms with Crippen LogP contribution in [0.4, 0.5) is 13.2 Å². The third-order valence-corrected chi connectivity index (χ3v) is 4.35. The molecule has 2 heterocycles. The van der Waals surface area contributed by atoms with Crippen LogP contribution in [0, 0.1) is 5.92 Å². The van der Waals surface area contributed by atoms with E-state index in [9.17, 15) is 18.0 Å². The maximum Gasteiger partial charge on any atom is 0.417 e. The number of hydrogen-bond acceptors (Lipinski definition) is 2. The average Bonchev–Trinajstić information content (AvgIpc) is 2.46. The highest BCUT2D eigenvalue weighted by Gasteiger charge is 2.31. The number of piperidine rings is 1. The molecule has 20 heavy (non-hydrogen) atoms. The topological polar surface area (TPSA) is 33.2 Å². The van der Waals surface area contributed by atoms with Gasteiger partial charge >= 0.3 is 6.18 Å². The monoisotopic (exact) mass is 350 g/mol. The Labute approximate surface area is 123 Å². The van der Waals surface area contributed by atoms with Crippen molar-refractivity contribution < 1.29 is 18.0 Å². The molecule has 1 amide bonds. The Balaban J connectivity index is 2.03. The Morgan fingerprint density at radius 2 is 2.00 bits per heavy atom. The maximum atomic E-state index is 12.4. The third kappa shape index (κ3) is 3.50. The van der Waals surface area contributed by atoms with Gasteiger partial charge in [-0.3, -0.25) is 9.78 Å². The summed E-state index contributed by atoms with van der Waals surface area (Å²) in [5.41, 5.74) is -0.776. The number of likely N-dealkylation sites (tertiary alicyclic amines) is 1. The van der Waals surface area contributed by atoms with Crippen LogP contribution in [0.3, 0.4) is 0 Å². The zero-order valence-electron chi connectivity index (χ0n) is 10.7. The van der Waals surface area contributed by atoms with Crippen LogP contribution in [0.15, 0.2) is 18.3 Å². The van der Waals surface area contributed by atoms with Crippen molar-refractivity contribution in [1.29, 1.82) is 0 Å². The number of rotatable bonds is 2. The summed E-state index contributed by atoms with van der Waals surface area (Å²) in [5, 5.41) is 0.910. The van der Waals surface area contributed by atoms with Crippen LogP contribution in [-0.4, -0.2) is 34.2 Å². The largest absolute Gasteiger partial charge is 0.417 e. The first-order valence-corrected chi connectivity index (χ1v) is 7.42. The number of pyridine rings is 1. The van der Waals surface area contributed by atoms with Crippen molar-refractivity contribution in [3.05, 3.63) is 29.6 Å². The van der Waals surface area contributed by atoms with Crippen LogP contribution >= 0.6 is 15.9 Å². The molecule has 0 saturated carbocycles. The van der Waals surface area contributed by atoms with Crippen LogP contribution in [-0.2, 0) is 6.18 Å². The van der Waals surface area contributed by atoms with E-state index in [-0.39, 0.29) is 11.6 Å². The molecule has 0 aromatic carbocycles. The van der Waals surface area contributed by atoms with Crippen LogP contribution in [0.25, 0.3) is 0 Å². The standard InChI is InChI=1S/C13H14BrF3N2O/c14-7-9-3-5-19(6-4-9)12(20)11-2-1-10(8-18-11)13(15,16)17/h1-2,8-9H,3-7H2. The molecule has 0 N–H and O–H groups in total. The summed E-state index contributed by atoms with van der Waals surface area (Å²) in [7, 11) is 0. The third-order valence-electron chi connectivity index (χ3n) is 3.43. The number of aromatic nitrogens is 1. The van der Waals surface area contributed by atoms with E-state index in [1.54, 1.807) is 4.90 Å². The molecular formula is C13H14BrF3N2O. The van der Waals surface area contributed by atoms with Crippen molar-refractivity contribution in [3.8, 4) is 0 Å². The van der Waals surface area contributed by atoms with Crippen LogP contribution < -0.4 is 0 Å². The van der Waals surface area contributed by atoms with Gasteiger partial charge in [-0.2, -0.15) is 13.2 Å². The fourth-order valence-corrected chi connectivity index (χ4v) is 2.79. The fourth-order valence-electron chi connectivity index (χ4n) is 2.14. The number of amides is 1. The first kappa shape index (κ1) is 15.3. The zero-order valence-corrected chi connectivity index (χ0v) is 12.2. The van der Waals surface area contributed by atoms with E-state index in [0.717, 1.165) is 30.3 Å². The predicted octanol–water partition coefficient (Wildman–Crippen LogP) is 3.35. The van der Waals surface area contributed by atoms with E-state index >= 15 is 0 Å². The highest BCUT2D eigenvalue weighted by atomic mass is 79.9. The normalized spacial score (nSPS) is 17.3. The molecule has 1 aromatic heterocycles. The van der Waals surface area contributed by atoms with E-state index in [1.807, 2.05) is 0 Å². The summed E-state index contributed by atoms with van der Waals surface area (Å²) >= 11 is 3.42. The van der Waals surface area contributed by atoms with Crippen molar-refractivity contribution >= 4 is 21.8 Å². The molecule has 3 nitrogen and oxygen atoms in total. The van der Waals surface area contributed by atoms with Gasteiger partial charge in [0, 0.05) is 24.6 Å². The predicted molar refractivity (Wildman–Crippen MR) is 71.7 cm³/mol. The second kappa shape index (κ2) is 6.11. The minimum atomic E-state index is -4.43. The quantitative estimate of drug-likeness (QED) is 0.766. The Morgan fingerprint density at radius 3 is 2.45 bits per heavy atom. The van der Waals surface area contributed by atoms with Gasteiger partial charge in [0.25, 0.3) is 5.91 Å². The van der Waals surface area contributed by atoms with Crippen molar-refractivity contribution in [3.63, 3.8) is 0 Å². The Hall–Kier alpha value is -1.11. The summed E-state index contributed by atoms with van der Waals surface area (Å²) in [6, 6.07) is 2.03. The van der Waals surface area contributed by atoms with E-state index < -0.39 is 11.7 Å². The molecule has 1 fully saturated rings. The molecule has 0 unspecified atom stereocenters. The van der Waals surface area contributed by atoms with Gasteiger partial charge in [-0.25, -0.2) is 0 Å². The molecule has 0 aliphatic carbocycles. The molecular weight excluding hydrogens is 337 g/mol. The van der Waals surface area contributed by atoms with Gasteiger partial charge in [-0.15, -0.1) is 0 Å². The molecule has 110 valence electrons. The van der Waals surface area contributed by atoms with E-state index in [0.29, 0.717) is 25.2 Å². The lowest BCUT2D eigenvalue weighted by molar-refractivity contribution is -0.137. The SMILES string of the molecule is O=C(c1ccc(C(F)(F)F)cn1)N1CCC(CBr)CC1. The molecule has 1 aliphatic heterocycles. The van der Waals surface area contributed by atoms with Gasteiger partial charge in [0.05, 0.1) is 5.56 Å². The van der Waals surface area contributed by atoms with Crippen molar-refractivity contribution in [2.45, 2.75) is 19.0 Å². The lowest BCUT2D eigenvalue weighted by atomic mass is 9.99. The van der Waals surface area contributed by atoms with Crippen LogP contribution in [0.1, 0.15) is 28.9 Å². The minimum Gasteiger partial charge on any atom is -0.337 e. The smallest absolute Gasteiger partial charge is 0.337 e. The van der Waals surface area contributed by atoms with Gasteiger partial charge in [0.15, 0.2) is 0 Å². The molecule has 0 bridgehead atoms. The molecule has 0 atom stereocenters. The van der Waals surface area contributed by atoms with Crippen LogP contribution in [0.5, 0.6) is 0 Å². The van der Waals surface area contributed by atoms with Crippen LogP contribution in [0.2, 0.25) is 0 Å². The summed E-state index contributed by atoms with van der Waals surface area (Å²) in [6.07, 6.45) is -1.92. The Kier molecular flexibility index (Phi) is 4.67. The van der Waals surface area contributed by atoms with E-state index in [1.165, 1.54) is 0 Å². The second-order valence-corrected chi connectivity index (χ2v) is 5.47. The summed E-state index contributed by atoms with van der Waals surface area (Å²) in [4.78, 5) is 17.4. The number of carbonyl (C=O) groups excluding carboxylic acids is 1. The number of hydrogen-bond donors (Lipinski definition) is 0. The lowest BCUT2D eigenvalue weighted by Crippen LogP contribution is -2.39. The van der Waals surface area contributed by atoms with Gasteiger partial charge < -0.3 is 4.90 Å². The zero-order chi connectivity index (χ0) is 14.8. The van der Waals surface area contributed by atoms with Gasteiger partial charge in [-0.1, -0.05) is 15.9 Å². The molecule has 1 aromatic rings. The van der Waals surface area contributed by atoms with Crippen molar-refractivity contribution in [2.75, 3.05) is 18.4 Å². The van der Waals surface area contributed by atoms with E-state index in [4.69, 9.17) is 0 Å². The van der Waals surface area contributed by atoms with Gasteiger partial charge in [0.1, 0.15) is 5.69 Å². The fraction of sp³-hybridized carbons (Fsp3) is 0.538. The highest BCUT2D eigenvalue weighted by Crippen LogP contribution is 2.28. The second-order valence-electron chi connectivity index (χ2n) is 4.82. The Morgan fingerprint density at radius 1 is 1.35 bits per heavy atom. The first-order chi connectivity index (χ1) is 9.41. The minimum absolute atomic E-state index is 0.0651. The maximum absolute atomic E-state index is 12.4. The first-order valence-electron chi connectivity index (χ1n) is 6.30. The summed E-state index contributed by atoms with van der Waals surface area (Å²) < 4.78 is 37.3. The molecule has 7 heteroatoms. The number of alkyl halides is 4. The molecule has 0 radical (unpaired) electrons. The van der Waals surface area contributed by atoms with Gasteiger partial charge in [0.2, 0.25) is 0 Å². The van der Waals surface area contributed by atoms with Gasteiger partial charge in [-0.05, 0) is 30.9 Å². The summed E-state index contributed by atoms with van der Waals surface area (Å²) in [5.74, 6) is 0.256. The highest BCUT2D eigenvalue weighted by molar-refractivity contribution is 9.09. The average molecular weight is 351 g/mol. The van der Waals surface area contributed by atoms with E-state index in [2.05, 4.69) is 20.9 Å². The molecule has 2 rings (SSSR count). The van der Waals surface area contributed by atoms with Crippen molar-refractivity contribution in [1.82, 2.24) is 9.88 Å². The summed E-state index contributed by atoms with van der Waals surface area (Å²) in [6.45, 7) is 1.25. The number of carbonyl (C=O) groups is 1. The Bertz CT molecular complexity index is 467. The van der Waals surface area contributed by atoms with Crippen molar-refractivity contribution in [2.24, 2.45) is 5.92 Å².